The van der Waals surface area contributed by atoms with Crippen LogP contribution >= 0.6 is 0 Å². The number of hydrogen-bond donors (Lipinski definition) is 1. The monoisotopic (exact) mass is 477 g/mol. The van der Waals surface area contributed by atoms with E-state index in [1.165, 1.54) is 12.8 Å². The van der Waals surface area contributed by atoms with E-state index < -0.39 is 12.0 Å². The summed E-state index contributed by atoms with van der Waals surface area (Å²) in [5.41, 5.74) is 2.55. The first kappa shape index (κ1) is 22.5. The van der Waals surface area contributed by atoms with Crippen LogP contribution in [0.5, 0.6) is 0 Å². The van der Waals surface area contributed by atoms with Crippen molar-refractivity contribution in [2.24, 2.45) is 0 Å². The van der Waals surface area contributed by atoms with Crippen LogP contribution in [0.15, 0.2) is 55.3 Å². The summed E-state index contributed by atoms with van der Waals surface area (Å²) >= 11 is 0. The molecule has 3 aliphatic rings. The van der Waals surface area contributed by atoms with E-state index in [1.807, 2.05) is 54.8 Å². The smallest absolute Gasteiger partial charge is 0.167 e. The van der Waals surface area contributed by atoms with Crippen LogP contribution in [0.2, 0.25) is 0 Å². The van der Waals surface area contributed by atoms with Crippen LogP contribution in [0, 0.1) is 0 Å². The second kappa shape index (κ2) is 9.22. The molecule has 2 aliphatic heterocycles. The number of rotatable bonds is 7. The zero-order valence-corrected chi connectivity index (χ0v) is 20.0. The molecule has 1 aliphatic carbocycles. The number of imidazole rings is 1. The normalized spacial score (nSPS) is 28.2. The summed E-state index contributed by atoms with van der Waals surface area (Å²) in [7, 11) is 0. The minimum atomic E-state index is -0.713. The molecule has 0 spiro atoms. The zero-order chi connectivity index (χ0) is 23.8. The number of aromatic nitrogens is 4. The number of nitrogens with zero attached hydrogens (tertiary/aromatic N) is 4. The lowest BCUT2D eigenvalue weighted by atomic mass is 10.1. The third-order valence-corrected chi connectivity index (χ3v) is 6.85. The third kappa shape index (κ3) is 4.51. The van der Waals surface area contributed by atoms with Crippen molar-refractivity contribution in [1.29, 1.82) is 0 Å². The van der Waals surface area contributed by atoms with E-state index >= 15 is 0 Å². The van der Waals surface area contributed by atoms with Crippen LogP contribution < -0.4 is 5.32 Å². The summed E-state index contributed by atoms with van der Waals surface area (Å²) in [6.07, 6.45) is 10.4. The highest BCUT2D eigenvalue weighted by atomic mass is 16.8. The molecule has 0 bridgehead atoms. The maximum absolute atomic E-state index is 6.43. The Bertz CT molecular complexity index is 1190. The van der Waals surface area contributed by atoms with E-state index in [9.17, 15) is 0 Å². The molecule has 1 N–H and O–H groups in total. The molecule has 2 aromatic heterocycles. The van der Waals surface area contributed by atoms with Crippen molar-refractivity contribution in [1.82, 2.24) is 19.5 Å². The van der Waals surface area contributed by atoms with Crippen molar-refractivity contribution in [3.63, 3.8) is 0 Å². The van der Waals surface area contributed by atoms with Gasteiger partial charge in [-0.05, 0) is 38.3 Å². The van der Waals surface area contributed by atoms with Crippen molar-refractivity contribution in [3.8, 4) is 0 Å². The SMILES string of the molecule is CC1(C)OC2[C@@H](/C=C/OCc3ccccc3)O[C@@H](n3cnc4c(NC5CCCC5)ncnc43)[C@H]2O1. The van der Waals surface area contributed by atoms with Gasteiger partial charge in [-0.15, -0.1) is 0 Å². The Morgan fingerprint density at radius 2 is 1.89 bits per heavy atom. The Hall–Kier alpha value is -3.01. The van der Waals surface area contributed by atoms with E-state index in [4.69, 9.17) is 18.9 Å². The van der Waals surface area contributed by atoms with E-state index in [-0.39, 0.29) is 18.3 Å². The second-order valence-corrected chi connectivity index (χ2v) is 9.85. The summed E-state index contributed by atoms with van der Waals surface area (Å²) < 4.78 is 26.6. The molecule has 4 atom stereocenters. The van der Waals surface area contributed by atoms with Gasteiger partial charge in [-0.1, -0.05) is 43.2 Å². The van der Waals surface area contributed by atoms with Crippen molar-refractivity contribution in [2.75, 3.05) is 5.32 Å². The van der Waals surface area contributed by atoms with Gasteiger partial charge in [-0.2, -0.15) is 0 Å². The molecule has 184 valence electrons. The molecule has 9 nitrogen and oxygen atoms in total. The van der Waals surface area contributed by atoms with Crippen molar-refractivity contribution in [2.45, 2.75) is 82.5 Å². The molecule has 4 heterocycles. The van der Waals surface area contributed by atoms with Gasteiger partial charge < -0.3 is 24.3 Å². The van der Waals surface area contributed by atoms with Gasteiger partial charge in [0.05, 0.1) is 12.6 Å². The minimum Gasteiger partial charge on any atom is -0.497 e. The van der Waals surface area contributed by atoms with Gasteiger partial charge in [0.25, 0.3) is 0 Å². The van der Waals surface area contributed by atoms with Gasteiger partial charge in [0, 0.05) is 6.04 Å². The van der Waals surface area contributed by atoms with Gasteiger partial charge >= 0.3 is 0 Å². The molecule has 1 unspecified atom stereocenters. The van der Waals surface area contributed by atoms with Crippen molar-refractivity contribution >= 4 is 17.0 Å². The second-order valence-electron chi connectivity index (χ2n) is 9.85. The summed E-state index contributed by atoms with van der Waals surface area (Å²) in [5.74, 6) is 0.0550. The summed E-state index contributed by atoms with van der Waals surface area (Å²) in [5, 5.41) is 3.55. The standard InChI is InChI=1S/C26H31N5O4/c1-26(2)34-21-19(12-13-32-14-17-8-4-3-5-9-17)33-25(22(21)35-26)31-16-29-20-23(27-15-28-24(20)31)30-18-10-6-7-11-18/h3-5,8-9,12-13,15-16,18-19,21-22,25H,6-7,10-11,14H2,1-2H3,(H,27,28,30)/b13-12+/t19-,21?,22+,25-/m1/s1. The summed E-state index contributed by atoms with van der Waals surface area (Å²) in [4.78, 5) is 13.6. The highest BCUT2D eigenvalue weighted by Crippen LogP contribution is 2.44. The van der Waals surface area contributed by atoms with Gasteiger partial charge in [-0.25, -0.2) is 15.0 Å². The maximum Gasteiger partial charge on any atom is 0.167 e. The summed E-state index contributed by atoms with van der Waals surface area (Å²) in [6, 6.07) is 10.5. The topological polar surface area (TPSA) is 92.6 Å². The van der Waals surface area contributed by atoms with E-state index in [2.05, 4.69) is 20.3 Å². The molecule has 0 radical (unpaired) electrons. The number of fused-ring (bicyclic) bond motifs is 2. The highest BCUT2D eigenvalue weighted by Gasteiger charge is 2.55. The van der Waals surface area contributed by atoms with E-state index in [0.29, 0.717) is 18.3 Å². The highest BCUT2D eigenvalue weighted by molar-refractivity contribution is 5.82. The van der Waals surface area contributed by atoms with E-state index in [0.717, 1.165) is 29.7 Å². The number of benzene rings is 1. The lowest BCUT2D eigenvalue weighted by molar-refractivity contribution is -0.191. The fourth-order valence-electron chi connectivity index (χ4n) is 5.25. The van der Waals surface area contributed by atoms with Gasteiger partial charge in [-0.3, -0.25) is 4.57 Å². The first-order chi connectivity index (χ1) is 17.1. The van der Waals surface area contributed by atoms with Crippen LogP contribution in [-0.2, 0) is 25.6 Å². The molecule has 35 heavy (non-hydrogen) atoms. The predicted octanol–water partition coefficient (Wildman–Crippen LogP) is 4.33. The van der Waals surface area contributed by atoms with Gasteiger partial charge in [0.2, 0.25) is 0 Å². The molecule has 1 saturated carbocycles. The molecule has 2 saturated heterocycles. The Kier molecular flexibility index (Phi) is 5.91. The van der Waals surface area contributed by atoms with Crippen molar-refractivity contribution < 1.29 is 18.9 Å². The van der Waals surface area contributed by atoms with Crippen LogP contribution in [0.1, 0.15) is 51.3 Å². The van der Waals surface area contributed by atoms with E-state index in [1.54, 1.807) is 18.9 Å². The molecular formula is C26H31N5O4. The van der Waals surface area contributed by atoms with Gasteiger partial charge in [0.1, 0.15) is 31.2 Å². The molecular weight excluding hydrogens is 446 g/mol. The predicted molar refractivity (Wildman–Crippen MR) is 129 cm³/mol. The molecule has 9 heteroatoms. The Morgan fingerprint density at radius 1 is 1.09 bits per heavy atom. The first-order valence-corrected chi connectivity index (χ1v) is 12.3. The quantitative estimate of drug-likeness (QED) is 0.503. The number of nitrogens with one attached hydrogen (secondary N) is 1. The molecule has 0 amide bonds. The van der Waals surface area contributed by atoms with Gasteiger partial charge in [0.15, 0.2) is 29.0 Å². The Labute approximate surface area is 204 Å². The van der Waals surface area contributed by atoms with Crippen LogP contribution in [0.3, 0.4) is 0 Å². The largest absolute Gasteiger partial charge is 0.497 e. The number of ether oxygens (including phenoxy) is 4. The fourth-order valence-corrected chi connectivity index (χ4v) is 5.25. The first-order valence-electron chi connectivity index (χ1n) is 12.3. The lowest BCUT2D eigenvalue weighted by Crippen LogP contribution is -2.28. The average molecular weight is 478 g/mol. The minimum absolute atomic E-state index is 0.276. The molecule has 6 rings (SSSR count). The lowest BCUT2D eigenvalue weighted by Gasteiger charge is -2.24. The van der Waals surface area contributed by atoms with Crippen LogP contribution in [0.4, 0.5) is 5.82 Å². The average Bonchev–Trinajstić information content (AvgIpc) is 3.62. The van der Waals surface area contributed by atoms with Crippen LogP contribution in [0.25, 0.3) is 11.2 Å². The number of hydrogen-bond acceptors (Lipinski definition) is 8. The summed E-state index contributed by atoms with van der Waals surface area (Å²) in [6.45, 7) is 4.34. The van der Waals surface area contributed by atoms with Crippen molar-refractivity contribution in [3.05, 3.63) is 60.9 Å². The van der Waals surface area contributed by atoms with Crippen LogP contribution in [-0.4, -0.2) is 49.7 Å². The molecule has 3 aromatic rings. The third-order valence-electron chi connectivity index (χ3n) is 6.85. The Balaban J connectivity index is 1.22. The number of anilines is 1. The molecule has 3 fully saturated rings. The molecule has 1 aromatic carbocycles. The zero-order valence-electron chi connectivity index (χ0n) is 20.0. The maximum atomic E-state index is 6.43. The fraction of sp³-hybridized carbons (Fsp3) is 0.500. The Morgan fingerprint density at radius 3 is 2.71 bits per heavy atom.